The van der Waals surface area contributed by atoms with Crippen LogP contribution in [0, 0.1) is 0 Å². The first-order valence-corrected chi connectivity index (χ1v) is 24.0. The molecule has 0 fully saturated rings. The number of furan rings is 2. The van der Waals surface area contributed by atoms with Crippen molar-refractivity contribution in [2.45, 2.75) is 5.41 Å². The van der Waals surface area contributed by atoms with Gasteiger partial charge in [-0.25, -0.2) is 0 Å². The molecule has 2 aromatic heterocycles. The second-order valence-electron chi connectivity index (χ2n) is 18.4. The maximum atomic E-state index is 6.46. The molecule has 14 rings (SSSR count). The molecule has 328 valence electrons. The van der Waals surface area contributed by atoms with Crippen molar-refractivity contribution in [2.75, 3.05) is 4.90 Å². The highest BCUT2D eigenvalue weighted by molar-refractivity contribution is 6.10. The minimum absolute atomic E-state index is 0.429. The monoisotopic (exact) mass is 893 g/mol. The lowest BCUT2D eigenvalue weighted by atomic mass is 9.67. The van der Waals surface area contributed by atoms with Gasteiger partial charge in [-0.15, -0.1) is 0 Å². The van der Waals surface area contributed by atoms with Crippen molar-refractivity contribution in [3.63, 3.8) is 0 Å². The van der Waals surface area contributed by atoms with E-state index in [1.165, 1.54) is 38.9 Å². The highest BCUT2D eigenvalue weighted by atomic mass is 16.3. The summed E-state index contributed by atoms with van der Waals surface area (Å²) in [5, 5.41) is 4.51. The van der Waals surface area contributed by atoms with E-state index in [2.05, 4.69) is 241 Å². The lowest BCUT2D eigenvalue weighted by molar-refractivity contribution is 0.669. The van der Waals surface area contributed by atoms with Crippen molar-refractivity contribution in [3.05, 3.63) is 283 Å². The average molecular weight is 894 g/mol. The Morgan fingerprint density at radius 2 is 0.729 bits per heavy atom. The van der Waals surface area contributed by atoms with Gasteiger partial charge in [-0.05, 0) is 128 Å². The minimum atomic E-state index is -0.429. The van der Waals surface area contributed by atoms with E-state index in [1.54, 1.807) is 0 Å². The Hall–Kier alpha value is -9.18. The van der Waals surface area contributed by atoms with Gasteiger partial charge >= 0.3 is 0 Å². The van der Waals surface area contributed by atoms with Gasteiger partial charge in [-0.3, -0.25) is 0 Å². The molecule has 0 N–H and O–H groups in total. The smallest absolute Gasteiger partial charge is 0.143 e. The van der Waals surface area contributed by atoms with Crippen LogP contribution < -0.4 is 4.90 Å². The Morgan fingerprint density at radius 1 is 0.271 bits per heavy atom. The van der Waals surface area contributed by atoms with Crippen molar-refractivity contribution in [1.29, 1.82) is 0 Å². The van der Waals surface area contributed by atoms with Crippen LogP contribution >= 0.6 is 0 Å². The van der Waals surface area contributed by atoms with Crippen LogP contribution in [-0.2, 0) is 5.41 Å². The third-order valence-electron chi connectivity index (χ3n) is 14.6. The average Bonchev–Trinajstić information content (AvgIpc) is 4.10. The number of benzene rings is 11. The first-order valence-electron chi connectivity index (χ1n) is 24.0. The Bertz CT molecular complexity index is 4050. The maximum absolute atomic E-state index is 6.46. The highest BCUT2D eigenvalue weighted by Crippen LogP contribution is 2.56. The third kappa shape index (κ3) is 6.22. The number of fused-ring (bicyclic) bond motifs is 9. The number of rotatable bonds is 8. The standard InChI is InChI=1S/C67H43NO2/c1-3-14-49(15-4-1)67(50-16-5-2-6-17-50)61-23-10-7-18-55(61)60-42-47(33-41-62(60)67)44-26-34-51(35-27-44)68(52-36-28-45(29-37-52)48-32-40-58-56-19-8-11-24-63(56)69-65(58)43-48)53-38-30-46(31-39-53)54-21-13-22-59-57-20-9-12-25-64(57)70-66(54)59/h1-43H. The molecule has 0 radical (unpaired) electrons. The van der Waals surface area contributed by atoms with E-state index in [4.69, 9.17) is 8.83 Å². The van der Waals surface area contributed by atoms with E-state index >= 15 is 0 Å². The molecule has 0 atom stereocenters. The van der Waals surface area contributed by atoms with E-state index in [9.17, 15) is 0 Å². The first-order chi connectivity index (χ1) is 34.7. The Labute approximate surface area is 405 Å². The molecule has 0 spiro atoms. The van der Waals surface area contributed by atoms with Gasteiger partial charge in [0.25, 0.3) is 0 Å². The molecule has 0 saturated carbocycles. The predicted octanol–water partition coefficient (Wildman–Crippen LogP) is 18.3. The van der Waals surface area contributed by atoms with E-state index in [0.29, 0.717) is 0 Å². The molecule has 0 saturated heterocycles. The number of anilines is 3. The number of para-hydroxylation sites is 3. The molecule has 0 bridgehead atoms. The first kappa shape index (κ1) is 39.9. The summed E-state index contributed by atoms with van der Waals surface area (Å²) < 4.78 is 12.7. The summed E-state index contributed by atoms with van der Waals surface area (Å²) >= 11 is 0. The van der Waals surface area contributed by atoms with Crippen molar-refractivity contribution in [3.8, 4) is 44.5 Å². The van der Waals surface area contributed by atoms with E-state index in [1.807, 2.05) is 24.3 Å². The van der Waals surface area contributed by atoms with Gasteiger partial charge in [-0.1, -0.05) is 194 Å². The summed E-state index contributed by atoms with van der Waals surface area (Å²) in [4.78, 5) is 2.34. The molecule has 2 heterocycles. The topological polar surface area (TPSA) is 29.5 Å². The van der Waals surface area contributed by atoms with Crippen LogP contribution in [0.3, 0.4) is 0 Å². The molecule has 13 aromatic rings. The SMILES string of the molecule is c1ccc(C2(c3ccccc3)c3ccccc3-c3cc(-c4ccc(N(c5ccc(-c6ccc7c(c6)oc6ccccc67)cc5)c5ccc(-c6cccc7c6oc6ccccc67)cc5)cc4)ccc32)cc1. The van der Waals surface area contributed by atoms with Crippen molar-refractivity contribution < 1.29 is 8.83 Å². The van der Waals surface area contributed by atoms with Crippen LogP contribution in [0.1, 0.15) is 22.3 Å². The highest BCUT2D eigenvalue weighted by Gasteiger charge is 2.46. The van der Waals surface area contributed by atoms with E-state index < -0.39 is 5.41 Å². The summed E-state index contributed by atoms with van der Waals surface area (Å²) in [6, 6.07) is 94.2. The molecule has 1 aliphatic rings. The molecule has 0 unspecified atom stereocenters. The summed E-state index contributed by atoms with van der Waals surface area (Å²) in [6.07, 6.45) is 0. The van der Waals surface area contributed by atoms with E-state index in [0.717, 1.165) is 88.8 Å². The van der Waals surface area contributed by atoms with Crippen LogP contribution in [0.2, 0.25) is 0 Å². The molecule has 11 aromatic carbocycles. The molecule has 0 amide bonds. The molecule has 0 aliphatic heterocycles. The maximum Gasteiger partial charge on any atom is 0.143 e. The Morgan fingerprint density at radius 3 is 1.39 bits per heavy atom. The zero-order chi connectivity index (χ0) is 46.2. The van der Waals surface area contributed by atoms with Crippen LogP contribution in [0.25, 0.3) is 88.4 Å². The lowest BCUT2D eigenvalue weighted by Crippen LogP contribution is -2.28. The second-order valence-corrected chi connectivity index (χ2v) is 18.4. The zero-order valence-corrected chi connectivity index (χ0v) is 38.1. The van der Waals surface area contributed by atoms with Crippen molar-refractivity contribution >= 4 is 60.9 Å². The van der Waals surface area contributed by atoms with Crippen LogP contribution in [0.5, 0.6) is 0 Å². The summed E-state index contributed by atoms with van der Waals surface area (Å²) in [5.41, 5.74) is 20.8. The molecule has 3 heteroatoms. The number of nitrogens with zero attached hydrogens (tertiary/aromatic N) is 1. The molecule has 70 heavy (non-hydrogen) atoms. The normalized spacial score (nSPS) is 12.7. The summed E-state index contributed by atoms with van der Waals surface area (Å²) in [6.45, 7) is 0. The number of hydrogen-bond donors (Lipinski definition) is 0. The van der Waals surface area contributed by atoms with Gasteiger partial charge in [0.2, 0.25) is 0 Å². The fourth-order valence-corrected chi connectivity index (χ4v) is 11.4. The van der Waals surface area contributed by atoms with Crippen LogP contribution in [-0.4, -0.2) is 0 Å². The predicted molar refractivity (Wildman–Crippen MR) is 289 cm³/mol. The Balaban J connectivity index is 0.853. The van der Waals surface area contributed by atoms with Crippen LogP contribution in [0.15, 0.2) is 270 Å². The second kappa shape index (κ2) is 16.0. The van der Waals surface area contributed by atoms with Crippen LogP contribution in [0.4, 0.5) is 17.1 Å². The van der Waals surface area contributed by atoms with Gasteiger partial charge < -0.3 is 13.7 Å². The van der Waals surface area contributed by atoms with Crippen molar-refractivity contribution in [1.82, 2.24) is 0 Å². The molecule has 3 nitrogen and oxygen atoms in total. The lowest BCUT2D eigenvalue weighted by Gasteiger charge is -2.33. The third-order valence-corrected chi connectivity index (χ3v) is 14.6. The van der Waals surface area contributed by atoms with Gasteiger partial charge in [0.1, 0.15) is 22.3 Å². The van der Waals surface area contributed by atoms with Gasteiger partial charge in [0.15, 0.2) is 0 Å². The molecular weight excluding hydrogens is 851 g/mol. The van der Waals surface area contributed by atoms with Crippen molar-refractivity contribution in [2.24, 2.45) is 0 Å². The molecular formula is C67H43NO2. The minimum Gasteiger partial charge on any atom is -0.456 e. The van der Waals surface area contributed by atoms with Gasteiger partial charge in [0, 0.05) is 44.2 Å². The summed E-state index contributed by atoms with van der Waals surface area (Å²) in [7, 11) is 0. The van der Waals surface area contributed by atoms with Gasteiger partial charge in [0.05, 0.1) is 5.41 Å². The number of hydrogen-bond acceptors (Lipinski definition) is 3. The van der Waals surface area contributed by atoms with E-state index in [-0.39, 0.29) is 0 Å². The fourth-order valence-electron chi connectivity index (χ4n) is 11.4. The zero-order valence-electron chi connectivity index (χ0n) is 38.1. The summed E-state index contributed by atoms with van der Waals surface area (Å²) in [5.74, 6) is 0. The molecule has 1 aliphatic carbocycles. The van der Waals surface area contributed by atoms with Gasteiger partial charge in [-0.2, -0.15) is 0 Å². The fraction of sp³-hybridized carbons (Fsp3) is 0.0149. The largest absolute Gasteiger partial charge is 0.456 e. The Kier molecular flexibility index (Phi) is 9.11. The quantitative estimate of drug-likeness (QED) is 0.152.